The van der Waals surface area contributed by atoms with Crippen molar-refractivity contribution >= 4 is 22.5 Å². The topological polar surface area (TPSA) is 59.8 Å². The molecule has 1 amide bonds. The van der Waals surface area contributed by atoms with Crippen LogP contribution in [0.3, 0.4) is 0 Å². The summed E-state index contributed by atoms with van der Waals surface area (Å²) in [5.74, 6) is 0.298. The molecule has 2 heterocycles. The van der Waals surface area contributed by atoms with Gasteiger partial charge < -0.3 is 5.32 Å². The first-order chi connectivity index (χ1) is 12.3. The summed E-state index contributed by atoms with van der Waals surface area (Å²) in [6, 6.07) is 21.4. The van der Waals surface area contributed by atoms with Gasteiger partial charge in [0.05, 0.1) is 6.54 Å². The quantitative estimate of drug-likeness (QED) is 0.621. The van der Waals surface area contributed by atoms with E-state index < -0.39 is 0 Å². The van der Waals surface area contributed by atoms with Crippen LogP contribution in [0.15, 0.2) is 79.1 Å². The number of pyridine rings is 1. The second-order valence-corrected chi connectivity index (χ2v) is 5.73. The van der Waals surface area contributed by atoms with Crippen molar-refractivity contribution in [3.05, 3.63) is 90.4 Å². The van der Waals surface area contributed by atoms with E-state index in [1.165, 1.54) is 0 Å². The molecular formula is C20H16N4O. The third-order valence-corrected chi connectivity index (χ3v) is 4.00. The van der Waals surface area contributed by atoms with E-state index in [2.05, 4.69) is 15.4 Å². The first kappa shape index (κ1) is 15.1. The van der Waals surface area contributed by atoms with Crippen molar-refractivity contribution in [3.8, 4) is 0 Å². The summed E-state index contributed by atoms with van der Waals surface area (Å²) in [7, 11) is 0. The summed E-state index contributed by atoms with van der Waals surface area (Å²) in [5.41, 5.74) is 1.59. The molecule has 0 aliphatic heterocycles. The minimum absolute atomic E-state index is 0.226. The smallest absolute Gasteiger partial charge is 0.275 e. The van der Waals surface area contributed by atoms with Crippen LogP contribution in [-0.2, 0) is 6.54 Å². The van der Waals surface area contributed by atoms with Crippen LogP contribution in [0.1, 0.15) is 16.1 Å². The standard InChI is InChI=1S/C20H16N4O/c25-20(23-19-12-16-8-4-5-9-17(16)13-21-19)18-10-11-22-24(18)14-15-6-2-1-3-7-15/h1-13H,14H2,(H,21,23,25). The number of nitrogens with zero attached hydrogens (tertiary/aromatic N) is 3. The SMILES string of the molecule is O=C(Nc1cc2ccccc2cn1)c1ccnn1Cc1ccccc1. The molecule has 122 valence electrons. The van der Waals surface area contributed by atoms with Crippen molar-refractivity contribution in [2.75, 3.05) is 5.32 Å². The molecule has 0 atom stereocenters. The molecule has 4 aromatic rings. The lowest BCUT2D eigenvalue weighted by atomic mass is 10.2. The van der Waals surface area contributed by atoms with Crippen LogP contribution in [0.2, 0.25) is 0 Å². The van der Waals surface area contributed by atoms with Crippen LogP contribution in [0.5, 0.6) is 0 Å². The maximum atomic E-state index is 12.6. The van der Waals surface area contributed by atoms with Gasteiger partial charge in [0.25, 0.3) is 5.91 Å². The van der Waals surface area contributed by atoms with Crippen LogP contribution < -0.4 is 5.32 Å². The van der Waals surface area contributed by atoms with Crippen molar-refractivity contribution in [1.82, 2.24) is 14.8 Å². The lowest BCUT2D eigenvalue weighted by molar-refractivity contribution is 0.101. The maximum Gasteiger partial charge on any atom is 0.275 e. The van der Waals surface area contributed by atoms with Gasteiger partial charge in [0.15, 0.2) is 0 Å². The van der Waals surface area contributed by atoms with E-state index in [1.54, 1.807) is 23.1 Å². The van der Waals surface area contributed by atoms with Gasteiger partial charge in [-0.15, -0.1) is 0 Å². The molecule has 2 aromatic heterocycles. The van der Waals surface area contributed by atoms with E-state index >= 15 is 0 Å². The minimum Gasteiger partial charge on any atom is -0.305 e. The maximum absolute atomic E-state index is 12.6. The normalized spacial score (nSPS) is 10.7. The van der Waals surface area contributed by atoms with Gasteiger partial charge in [0.1, 0.15) is 11.5 Å². The van der Waals surface area contributed by atoms with Gasteiger partial charge in [-0.3, -0.25) is 9.48 Å². The monoisotopic (exact) mass is 328 g/mol. The van der Waals surface area contributed by atoms with Crippen molar-refractivity contribution in [1.29, 1.82) is 0 Å². The molecule has 0 spiro atoms. The van der Waals surface area contributed by atoms with Gasteiger partial charge in [-0.1, -0.05) is 54.6 Å². The average molecular weight is 328 g/mol. The Hall–Kier alpha value is -3.47. The molecule has 1 N–H and O–H groups in total. The first-order valence-electron chi connectivity index (χ1n) is 8.01. The van der Waals surface area contributed by atoms with Crippen LogP contribution >= 0.6 is 0 Å². The van der Waals surface area contributed by atoms with Gasteiger partial charge in [0.2, 0.25) is 0 Å². The second-order valence-electron chi connectivity index (χ2n) is 5.73. The number of carbonyl (C=O) groups excluding carboxylic acids is 1. The minimum atomic E-state index is -0.226. The molecular weight excluding hydrogens is 312 g/mol. The number of hydrogen-bond donors (Lipinski definition) is 1. The van der Waals surface area contributed by atoms with Crippen LogP contribution in [0, 0.1) is 0 Å². The Morgan fingerprint density at radius 1 is 0.960 bits per heavy atom. The fraction of sp³-hybridized carbons (Fsp3) is 0.0500. The number of hydrogen-bond acceptors (Lipinski definition) is 3. The number of anilines is 1. The van der Waals surface area contributed by atoms with E-state index in [0.29, 0.717) is 18.1 Å². The highest BCUT2D eigenvalue weighted by molar-refractivity contribution is 6.03. The Morgan fingerprint density at radius 2 is 1.72 bits per heavy atom. The van der Waals surface area contributed by atoms with Crippen molar-refractivity contribution < 1.29 is 4.79 Å². The van der Waals surface area contributed by atoms with E-state index in [-0.39, 0.29) is 5.91 Å². The van der Waals surface area contributed by atoms with Gasteiger partial charge >= 0.3 is 0 Å². The van der Waals surface area contributed by atoms with Gasteiger partial charge in [-0.25, -0.2) is 4.98 Å². The van der Waals surface area contributed by atoms with Gasteiger partial charge in [-0.05, 0) is 23.1 Å². The molecule has 0 radical (unpaired) electrons. The number of aromatic nitrogens is 3. The lowest BCUT2D eigenvalue weighted by Crippen LogP contribution is -2.18. The Kier molecular flexibility index (Phi) is 3.96. The number of rotatable bonds is 4. The van der Waals surface area contributed by atoms with Crippen molar-refractivity contribution in [3.63, 3.8) is 0 Å². The zero-order valence-electron chi connectivity index (χ0n) is 13.5. The van der Waals surface area contributed by atoms with Crippen molar-refractivity contribution in [2.45, 2.75) is 6.54 Å². The highest BCUT2D eigenvalue weighted by Gasteiger charge is 2.13. The summed E-state index contributed by atoms with van der Waals surface area (Å²) in [4.78, 5) is 16.9. The molecule has 4 rings (SSSR count). The zero-order chi connectivity index (χ0) is 17.1. The van der Waals surface area contributed by atoms with E-state index in [1.807, 2.05) is 60.7 Å². The van der Waals surface area contributed by atoms with Crippen LogP contribution in [0.25, 0.3) is 10.8 Å². The van der Waals surface area contributed by atoms with Gasteiger partial charge in [0, 0.05) is 17.8 Å². The van der Waals surface area contributed by atoms with Crippen LogP contribution in [-0.4, -0.2) is 20.7 Å². The highest BCUT2D eigenvalue weighted by atomic mass is 16.2. The molecule has 0 aliphatic rings. The molecule has 0 unspecified atom stereocenters. The molecule has 5 heteroatoms. The predicted octanol–water partition coefficient (Wildman–Crippen LogP) is 3.73. The van der Waals surface area contributed by atoms with Crippen molar-refractivity contribution in [2.24, 2.45) is 0 Å². The van der Waals surface area contributed by atoms with E-state index in [0.717, 1.165) is 16.3 Å². The largest absolute Gasteiger partial charge is 0.305 e. The number of fused-ring (bicyclic) bond motifs is 1. The van der Waals surface area contributed by atoms with Crippen LogP contribution in [0.4, 0.5) is 5.82 Å². The number of benzene rings is 2. The molecule has 0 bridgehead atoms. The molecule has 0 saturated heterocycles. The Labute approximate surface area is 144 Å². The van der Waals surface area contributed by atoms with E-state index in [4.69, 9.17) is 0 Å². The number of carbonyl (C=O) groups is 1. The second kappa shape index (κ2) is 6.57. The first-order valence-corrected chi connectivity index (χ1v) is 8.01. The molecule has 0 fully saturated rings. The van der Waals surface area contributed by atoms with Gasteiger partial charge in [-0.2, -0.15) is 5.10 Å². The Morgan fingerprint density at radius 3 is 2.56 bits per heavy atom. The summed E-state index contributed by atoms with van der Waals surface area (Å²) in [6.07, 6.45) is 3.39. The highest BCUT2D eigenvalue weighted by Crippen LogP contribution is 2.17. The average Bonchev–Trinajstić information content (AvgIpc) is 3.11. The number of amides is 1. The number of nitrogens with one attached hydrogen (secondary N) is 1. The summed E-state index contributed by atoms with van der Waals surface area (Å²) in [5, 5.41) is 9.18. The molecule has 0 saturated carbocycles. The fourth-order valence-corrected chi connectivity index (χ4v) is 2.74. The predicted molar refractivity (Wildman–Crippen MR) is 97.5 cm³/mol. The zero-order valence-corrected chi connectivity index (χ0v) is 13.5. The fourth-order valence-electron chi connectivity index (χ4n) is 2.74. The summed E-state index contributed by atoms with van der Waals surface area (Å²) < 4.78 is 1.69. The Balaban J connectivity index is 1.56. The molecule has 25 heavy (non-hydrogen) atoms. The lowest BCUT2D eigenvalue weighted by Gasteiger charge is -2.09. The van der Waals surface area contributed by atoms with E-state index in [9.17, 15) is 4.79 Å². The third kappa shape index (κ3) is 3.26. The molecule has 0 aliphatic carbocycles. The summed E-state index contributed by atoms with van der Waals surface area (Å²) in [6.45, 7) is 0.543. The Bertz CT molecular complexity index is 1020. The molecule has 5 nitrogen and oxygen atoms in total. The third-order valence-electron chi connectivity index (χ3n) is 4.00. The molecule has 2 aromatic carbocycles. The summed E-state index contributed by atoms with van der Waals surface area (Å²) >= 11 is 0.